The maximum absolute atomic E-state index is 12.8. The van der Waals surface area contributed by atoms with E-state index in [1.165, 1.54) is 31.4 Å². The van der Waals surface area contributed by atoms with E-state index in [1.54, 1.807) is 12.1 Å². The Morgan fingerprint density at radius 2 is 1.80 bits per heavy atom. The Kier molecular flexibility index (Phi) is 2.81. The summed E-state index contributed by atoms with van der Waals surface area (Å²) in [5, 5.41) is 6.19. The highest BCUT2D eigenvalue weighted by Crippen LogP contribution is 2.65. The van der Waals surface area contributed by atoms with E-state index in [2.05, 4.69) is 10.6 Å². The van der Waals surface area contributed by atoms with Gasteiger partial charge in [0.2, 0.25) is 5.91 Å². The quantitative estimate of drug-likeness (QED) is 0.885. The van der Waals surface area contributed by atoms with Crippen LogP contribution >= 0.6 is 0 Å². The third-order valence-electron chi connectivity index (χ3n) is 5.36. The van der Waals surface area contributed by atoms with Crippen molar-refractivity contribution in [2.75, 3.05) is 11.9 Å². The predicted molar refractivity (Wildman–Crippen MR) is 74.6 cm³/mol. The first kappa shape index (κ1) is 12.3. The molecule has 1 amide bonds. The number of hydrogen-bond donors (Lipinski definition) is 2. The molecule has 1 aromatic carbocycles. The van der Waals surface area contributed by atoms with Crippen LogP contribution < -0.4 is 10.6 Å². The van der Waals surface area contributed by atoms with E-state index in [9.17, 15) is 9.18 Å². The molecule has 0 radical (unpaired) electrons. The second-order valence-electron chi connectivity index (χ2n) is 6.45. The number of carbonyl (C=O) groups excluding carboxylic acids is 1. The molecule has 0 heterocycles. The van der Waals surface area contributed by atoms with Crippen molar-refractivity contribution < 1.29 is 9.18 Å². The molecule has 3 aliphatic carbocycles. The molecule has 4 unspecified atom stereocenters. The summed E-state index contributed by atoms with van der Waals surface area (Å²) in [5.74, 6) is 3.18. The largest absolute Gasteiger partial charge is 0.325 e. The van der Waals surface area contributed by atoms with E-state index >= 15 is 0 Å². The van der Waals surface area contributed by atoms with Crippen molar-refractivity contribution >= 4 is 11.6 Å². The lowest BCUT2D eigenvalue weighted by molar-refractivity contribution is -0.115. The van der Waals surface area contributed by atoms with Gasteiger partial charge in [-0.3, -0.25) is 4.79 Å². The molecule has 3 saturated carbocycles. The molecule has 3 fully saturated rings. The van der Waals surface area contributed by atoms with Crippen molar-refractivity contribution in [2.45, 2.75) is 25.3 Å². The Morgan fingerprint density at radius 1 is 1.15 bits per heavy atom. The Balaban J connectivity index is 1.26. The maximum atomic E-state index is 12.8. The summed E-state index contributed by atoms with van der Waals surface area (Å²) in [5.41, 5.74) is 0.647. The van der Waals surface area contributed by atoms with Crippen LogP contribution in [0.3, 0.4) is 0 Å². The number of nitrogens with one attached hydrogen (secondary N) is 2. The van der Waals surface area contributed by atoms with Crippen molar-refractivity contribution in [3.05, 3.63) is 30.1 Å². The molecule has 3 aliphatic rings. The summed E-state index contributed by atoms with van der Waals surface area (Å²) in [6, 6.07) is 6.44. The molecule has 4 rings (SSSR count). The van der Waals surface area contributed by atoms with Gasteiger partial charge in [0.1, 0.15) is 5.82 Å². The van der Waals surface area contributed by atoms with Crippen LogP contribution in [0.1, 0.15) is 19.3 Å². The van der Waals surface area contributed by atoms with Gasteiger partial charge in [0.15, 0.2) is 0 Å². The van der Waals surface area contributed by atoms with Crippen molar-refractivity contribution in [1.29, 1.82) is 0 Å². The zero-order chi connectivity index (χ0) is 13.7. The fraction of sp³-hybridized carbons (Fsp3) is 0.562. The fourth-order valence-electron chi connectivity index (χ4n) is 4.55. The third kappa shape index (κ3) is 2.03. The van der Waals surface area contributed by atoms with Crippen LogP contribution in [0.4, 0.5) is 10.1 Å². The standard InChI is InChI=1S/C16H19FN2O/c17-11-3-5-12(6-4-11)19-13(20)8-18-16-14-9-1-2-10(7-9)15(14)16/h3-6,9-10,14-16,18H,1-2,7-8H2,(H,19,20). The summed E-state index contributed by atoms with van der Waals surface area (Å²) in [7, 11) is 0. The lowest BCUT2D eigenvalue weighted by Crippen LogP contribution is -2.32. The number of halogens is 1. The van der Waals surface area contributed by atoms with E-state index in [1.807, 2.05) is 0 Å². The molecule has 0 saturated heterocycles. The molecule has 4 heteroatoms. The molecule has 1 aromatic rings. The Hall–Kier alpha value is -1.42. The zero-order valence-corrected chi connectivity index (χ0v) is 11.3. The number of amides is 1. The van der Waals surface area contributed by atoms with Crippen molar-refractivity contribution in [1.82, 2.24) is 5.32 Å². The molecule has 2 N–H and O–H groups in total. The third-order valence-corrected chi connectivity index (χ3v) is 5.36. The minimum Gasteiger partial charge on any atom is -0.325 e. The second kappa shape index (κ2) is 4.55. The number of rotatable bonds is 4. The molecule has 0 aromatic heterocycles. The van der Waals surface area contributed by atoms with Crippen molar-refractivity contribution in [2.24, 2.45) is 23.7 Å². The van der Waals surface area contributed by atoms with Gasteiger partial charge >= 0.3 is 0 Å². The van der Waals surface area contributed by atoms with Gasteiger partial charge in [-0.15, -0.1) is 0 Å². The average molecular weight is 274 g/mol. The number of carbonyl (C=O) groups is 1. The summed E-state index contributed by atoms with van der Waals surface area (Å²) < 4.78 is 12.8. The van der Waals surface area contributed by atoms with E-state index in [0.29, 0.717) is 18.3 Å². The number of anilines is 1. The predicted octanol–water partition coefficient (Wildman–Crippen LogP) is 2.40. The van der Waals surface area contributed by atoms with Gasteiger partial charge in [-0.1, -0.05) is 0 Å². The first-order valence-corrected chi connectivity index (χ1v) is 7.51. The van der Waals surface area contributed by atoms with E-state index in [-0.39, 0.29) is 11.7 Å². The highest BCUT2D eigenvalue weighted by Gasteiger charge is 2.64. The molecule has 3 nitrogen and oxygen atoms in total. The lowest BCUT2D eigenvalue weighted by atomic mass is 10.0. The fourth-order valence-corrected chi connectivity index (χ4v) is 4.55. The first-order chi connectivity index (χ1) is 9.72. The first-order valence-electron chi connectivity index (χ1n) is 7.51. The number of hydrogen-bond acceptors (Lipinski definition) is 2. The molecular weight excluding hydrogens is 255 g/mol. The van der Waals surface area contributed by atoms with Gasteiger partial charge in [-0.2, -0.15) is 0 Å². The molecule has 2 bridgehead atoms. The minimum atomic E-state index is -0.289. The number of benzene rings is 1. The summed E-state index contributed by atoms with van der Waals surface area (Å²) in [4.78, 5) is 11.9. The summed E-state index contributed by atoms with van der Waals surface area (Å²) in [6.07, 6.45) is 4.22. The van der Waals surface area contributed by atoms with Gasteiger partial charge in [-0.25, -0.2) is 4.39 Å². The lowest BCUT2D eigenvalue weighted by Gasteiger charge is -2.10. The molecule has 20 heavy (non-hydrogen) atoms. The van der Waals surface area contributed by atoms with Crippen LogP contribution in [0.2, 0.25) is 0 Å². The van der Waals surface area contributed by atoms with Crippen LogP contribution in [0.15, 0.2) is 24.3 Å². The summed E-state index contributed by atoms with van der Waals surface area (Å²) >= 11 is 0. The Bertz CT molecular complexity index is 514. The average Bonchev–Trinajstić information content (AvgIpc) is 2.82. The highest BCUT2D eigenvalue weighted by molar-refractivity contribution is 5.92. The maximum Gasteiger partial charge on any atom is 0.238 e. The van der Waals surface area contributed by atoms with Gasteiger partial charge < -0.3 is 10.6 Å². The van der Waals surface area contributed by atoms with Crippen molar-refractivity contribution in [3.8, 4) is 0 Å². The normalized spacial score (nSPS) is 36.8. The molecule has 4 atom stereocenters. The highest BCUT2D eigenvalue weighted by atomic mass is 19.1. The van der Waals surface area contributed by atoms with Crippen LogP contribution in [0.25, 0.3) is 0 Å². The second-order valence-corrected chi connectivity index (χ2v) is 6.45. The summed E-state index contributed by atoms with van der Waals surface area (Å²) in [6.45, 7) is 0.356. The molecule has 0 spiro atoms. The van der Waals surface area contributed by atoms with E-state index in [4.69, 9.17) is 0 Å². The smallest absolute Gasteiger partial charge is 0.238 e. The van der Waals surface area contributed by atoms with Gasteiger partial charge in [0, 0.05) is 11.7 Å². The molecular formula is C16H19FN2O. The Morgan fingerprint density at radius 3 is 2.45 bits per heavy atom. The van der Waals surface area contributed by atoms with E-state index in [0.717, 1.165) is 23.7 Å². The van der Waals surface area contributed by atoms with Gasteiger partial charge in [0.25, 0.3) is 0 Å². The molecule has 0 aliphatic heterocycles. The Labute approximate surface area is 117 Å². The van der Waals surface area contributed by atoms with Gasteiger partial charge in [-0.05, 0) is 67.2 Å². The monoisotopic (exact) mass is 274 g/mol. The van der Waals surface area contributed by atoms with Crippen LogP contribution in [-0.4, -0.2) is 18.5 Å². The molecule has 106 valence electrons. The minimum absolute atomic E-state index is 0.0473. The van der Waals surface area contributed by atoms with Gasteiger partial charge in [0.05, 0.1) is 6.54 Å². The van der Waals surface area contributed by atoms with Crippen LogP contribution in [0.5, 0.6) is 0 Å². The zero-order valence-electron chi connectivity index (χ0n) is 11.3. The SMILES string of the molecule is O=C(CNC1C2C3CCC(C3)C12)Nc1ccc(F)cc1. The number of fused-ring (bicyclic) bond motifs is 5. The van der Waals surface area contributed by atoms with Crippen LogP contribution in [0, 0.1) is 29.5 Å². The van der Waals surface area contributed by atoms with E-state index < -0.39 is 0 Å². The topological polar surface area (TPSA) is 41.1 Å². The van der Waals surface area contributed by atoms with Crippen LogP contribution in [-0.2, 0) is 4.79 Å². The van der Waals surface area contributed by atoms with Crippen molar-refractivity contribution in [3.63, 3.8) is 0 Å².